The molecule has 0 aromatic carbocycles. The average molecular weight is 134 g/mol. The first-order valence-corrected chi connectivity index (χ1v) is 3.38. The van der Waals surface area contributed by atoms with Crippen molar-refractivity contribution in [1.29, 1.82) is 0 Å². The number of fused-ring (bicyclic) bond motifs is 1. The van der Waals surface area contributed by atoms with E-state index in [1.807, 2.05) is 0 Å². The molecule has 0 bridgehead atoms. The Hall–Kier alpha value is -0.960. The van der Waals surface area contributed by atoms with Crippen LogP contribution in [0.1, 0.15) is 11.4 Å². The molecule has 0 saturated carbocycles. The van der Waals surface area contributed by atoms with Gasteiger partial charge in [-0.15, -0.1) is 0 Å². The van der Waals surface area contributed by atoms with Gasteiger partial charge in [0.1, 0.15) is 6.20 Å². The van der Waals surface area contributed by atoms with Crippen molar-refractivity contribution in [2.24, 2.45) is 0 Å². The second kappa shape index (κ2) is 2.34. The van der Waals surface area contributed by atoms with E-state index in [1.165, 1.54) is 0 Å². The van der Waals surface area contributed by atoms with Crippen molar-refractivity contribution in [2.45, 2.75) is 13.0 Å². The molecule has 0 atom stereocenters. The summed E-state index contributed by atoms with van der Waals surface area (Å²) in [6, 6.07) is 0. The van der Waals surface area contributed by atoms with Crippen LogP contribution in [0.3, 0.4) is 0 Å². The van der Waals surface area contributed by atoms with Crippen LogP contribution >= 0.6 is 0 Å². The molecule has 51 valence electrons. The molecule has 0 spiro atoms. The molecule has 0 saturated heterocycles. The Bertz CT molecular complexity index is 209. The van der Waals surface area contributed by atoms with E-state index in [-0.39, 0.29) is 0 Å². The monoisotopic (exact) mass is 134 g/mol. The van der Waals surface area contributed by atoms with Crippen molar-refractivity contribution in [1.82, 2.24) is 15.3 Å². The molecule has 3 nitrogen and oxygen atoms in total. The Labute approximate surface area is 59.5 Å². The first-order valence-electron chi connectivity index (χ1n) is 3.38. The summed E-state index contributed by atoms with van der Waals surface area (Å²) in [5, 5.41) is 3.22. The largest absolute Gasteiger partial charge is 0.311 e. The zero-order chi connectivity index (χ0) is 6.81. The quantitative estimate of drug-likeness (QED) is 0.539. The minimum Gasteiger partial charge on any atom is -0.311 e. The van der Waals surface area contributed by atoms with Gasteiger partial charge in [-0.05, 0) is 0 Å². The number of hydrogen-bond donors (Lipinski definition) is 1. The fourth-order valence-electron chi connectivity index (χ4n) is 1.12. The molecule has 1 aromatic rings. The van der Waals surface area contributed by atoms with Crippen LogP contribution in [-0.2, 0) is 13.0 Å². The molecule has 0 unspecified atom stereocenters. The van der Waals surface area contributed by atoms with Crippen molar-refractivity contribution in [3.05, 3.63) is 23.8 Å². The zero-order valence-corrected chi connectivity index (χ0v) is 5.59. The molecule has 0 fully saturated rings. The second-order valence-corrected chi connectivity index (χ2v) is 2.32. The normalized spacial score (nSPS) is 16.4. The van der Waals surface area contributed by atoms with Gasteiger partial charge in [0.05, 0.1) is 17.6 Å². The third-order valence-corrected chi connectivity index (χ3v) is 1.64. The van der Waals surface area contributed by atoms with Gasteiger partial charge in [0.2, 0.25) is 0 Å². The summed E-state index contributed by atoms with van der Waals surface area (Å²) in [7, 11) is 0. The second-order valence-electron chi connectivity index (χ2n) is 2.32. The molecule has 1 aliphatic heterocycles. The fourth-order valence-corrected chi connectivity index (χ4v) is 1.12. The molecule has 2 heterocycles. The lowest BCUT2D eigenvalue weighted by atomic mass is 10.2. The number of hydrogen-bond acceptors (Lipinski definition) is 3. The number of rotatable bonds is 0. The molecule has 1 N–H and O–H groups in total. The van der Waals surface area contributed by atoms with Gasteiger partial charge in [-0.2, -0.15) is 0 Å². The smallest absolute Gasteiger partial charge is 0.109 e. The number of nitrogens with one attached hydrogen (secondary N) is 1. The molecule has 1 radical (unpaired) electrons. The molecular weight excluding hydrogens is 126 g/mol. The van der Waals surface area contributed by atoms with Crippen molar-refractivity contribution in [3.8, 4) is 0 Å². The van der Waals surface area contributed by atoms with Crippen LogP contribution in [-0.4, -0.2) is 16.5 Å². The van der Waals surface area contributed by atoms with Crippen LogP contribution in [0.2, 0.25) is 0 Å². The first kappa shape index (κ1) is 5.80. The number of nitrogens with zero attached hydrogens (tertiary/aromatic N) is 2. The maximum Gasteiger partial charge on any atom is 0.109 e. The Morgan fingerprint density at radius 1 is 1.50 bits per heavy atom. The van der Waals surface area contributed by atoms with E-state index in [9.17, 15) is 0 Å². The van der Waals surface area contributed by atoms with Gasteiger partial charge in [0.25, 0.3) is 0 Å². The Morgan fingerprint density at radius 3 is 3.40 bits per heavy atom. The predicted molar refractivity (Wildman–Crippen MR) is 36.3 cm³/mol. The highest BCUT2D eigenvalue weighted by Crippen LogP contribution is 2.04. The molecule has 1 aromatic heterocycles. The molecule has 3 heteroatoms. The molecule has 0 amide bonds. The van der Waals surface area contributed by atoms with E-state index < -0.39 is 0 Å². The third kappa shape index (κ3) is 0.885. The zero-order valence-electron chi connectivity index (χ0n) is 5.59. The van der Waals surface area contributed by atoms with E-state index in [0.717, 1.165) is 30.9 Å². The van der Waals surface area contributed by atoms with E-state index in [2.05, 4.69) is 21.5 Å². The summed E-state index contributed by atoms with van der Waals surface area (Å²) in [4.78, 5) is 8.23. The Balaban J connectivity index is 2.41. The molecule has 2 rings (SSSR count). The number of aromatic nitrogens is 2. The van der Waals surface area contributed by atoms with Crippen molar-refractivity contribution in [2.75, 3.05) is 6.54 Å². The minimum atomic E-state index is 0.847. The Morgan fingerprint density at radius 2 is 2.50 bits per heavy atom. The van der Waals surface area contributed by atoms with Crippen LogP contribution in [0, 0.1) is 6.20 Å². The van der Waals surface area contributed by atoms with Gasteiger partial charge in [-0.25, -0.2) is 4.98 Å². The van der Waals surface area contributed by atoms with E-state index >= 15 is 0 Å². The summed E-state index contributed by atoms with van der Waals surface area (Å²) in [6.07, 6.45) is 5.35. The predicted octanol–water partition coefficient (Wildman–Crippen LogP) is -0.0775. The van der Waals surface area contributed by atoms with Crippen LogP contribution in [0.15, 0.2) is 6.20 Å². The summed E-state index contributed by atoms with van der Waals surface area (Å²) in [5.41, 5.74) is 2.17. The summed E-state index contributed by atoms with van der Waals surface area (Å²) >= 11 is 0. The topological polar surface area (TPSA) is 37.8 Å². The molecule has 0 aliphatic carbocycles. The summed E-state index contributed by atoms with van der Waals surface area (Å²) in [5.74, 6) is 0. The van der Waals surface area contributed by atoms with Gasteiger partial charge in [0, 0.05) is 19.5 Å². The van der Waals surface area contributed by atoms with E-state index in [4.69, 9.17) is 0 Å². The minimum absolute atomic E-state index is 0.847. The summed E-state index contributed by atoms with van der Waals surface area (Å²) in [6.45, 7) is 1.87. The highest BCUT2D eigenvalue weighted by molar-refractivity contribution is 5.12. The van der Waals surface area contributed by atoms with Gasteiger partial charge >= 0.3 is 0 Å². The van der Waals surface area contributed by atoms with Gasteiger partial charge in [-0.1, -0.05) is 0 Å². The van der Waals surface area contributed by atoms with Crippen LogP contribution in [0.5, 0.6) is 0 Å². The maximum atomic E-state index is 4.16. The Kier molecular flexibility index (Phi) is 1.36. The third-order valence-electron chi connectivity index (χ3n) is 1.64. The summed E-state index contributed by atoms with van der Waals surface area (Å²) < 4.78 is 0. The lowest BCUT2D eigenvalue weighted by molar-refractivity contribution is 0.612. The fraction of sp³-hybridized carbons (Fsp3) is 0.429. The lowest BCUT2D eigenvalue weighted by Gasteiger charge is -2.12. The lowest BCUT2D eigenvalue weighted by Crippen LogP contribution is -2.25. The standard InChI is InChI=1S/C7H8N3/c1-2-8-5-7-6(1)9-3-4-10-7/h3,8H,1-2,5H2. The van der Waals surface area contributed by atoms with Crippen LogP contribution < -0.4 is 5.32 Å². The van der Waals surface area contributed by atoms with Gasteiger partial charge in [-0.3, -0.25) is 4.98 Å². The first-order chi connectivity index (χ1) is 4.97. The van der Waals surface area contributed by atoms with Crippen LogP contribution in [0.25, 0.3) is 0 Å². The highest BCUT2D eigenvalue weighted by atomic mass is 14.9. The van der Waals surface area contributed by atoms with Crippen molar-refractivity contribution in [3.63, 3.8) is 0 Å². The van der Waals surface area contributed by atoms with E-state index in [1.54, 1.807) is 6.20 Å². The van der Waals surface area contributed by atoms with Crippen molar-refractivity contribution >= 4 is 0 Å². The van der Waals surface area contributed by atoms with Crippen molar-refractivity contribution < 1.29 is 0 Å². The molecule has 10 heavy (non-hydrogen) atoms. The SMILES string of the molecule is [c]1cnc2c(n1)CNCC2. The molecular formula is C7H8N3. The molecule has 1 aliphatic rings. The van der Waals surface area contributed by atoms with Gasteiger partial charge in [0.15, 0.2) is 0 Å². The average Bonchev–Trinajstić information content (AvgIpc) is 2.05. The van der Waals surface area contributed by atoms with Crippen LogP contribution in [0.4, 0.5) is 0 Å². The van der Waals surface area contributed by atoms with E-state index in [0.29, 0.717) is 0 Å². The maximum absolute atomic E-state index is 4.16. The highest BCUT2D eigenvalue weighted by Gasteiger charge is 2.08. The van der Waals surface area contributed by atoms with Gasteiger partial charge < -0.3 is 5.32 Å².